The van der Waals surface area contributed by atoms with Crippen LogP contribution >= 0.6 is 0 Å². The number of aromatic nitrogens is 2. The summed E-state index contributed by atoms with van der Waals surface area (Å²) in [7, 11) is 2.09. The standard InChI is InChI=1S/C34H36FN5O2/c1-37-16-18-38(19-17-37)34(42)28-10-13-30-31(20-28)40(22-23-14-15-39(21-23)33(41)27-6-7-27)32(36-30)26-4-2-24(3-5-26)25-8-11-29(35)12-9-25/h2-5,8-13,20,23,27H,6-7,14-19,21-22H2,1H3/t23-/m1/s1. The number of amides is 2. The number of likely N-dealkylation sites (N-methyl/N-ethyl adjacent to an activating group) is 1. The number of halogens is 1. The molecule has 1 atom stereocenters. The molecule has 1 aromatic heterocycles. The summed E-state index contributed by atoms with van der Waals surface area (Å²) in [5.41, 5.74) is 5.42. The Hall–Kier alpha value is -4.04. The number of carbonyl (C=O) groups is 2. The average Bonchev–Trinajstić information content (AvgIpc) is 3.66. The molecule has 0 N–H and O–H groups in total. The van der Waals surface area contributed by atoms with Crippen molar-refractivity contribution in [1.29, 1.82) is 0 Å². The van der Waals surface area contributed by atoms with Crippen LogP contribution in [-0.2, 0) is 11.3 Å². The van der Waals surface area contributed by atoms with Gasteiger partial charge in [-0.3, -0.25) is 9.59 Å². The van der Waals surface area contributed by atoms with E-state index in [9.17, 15) is 14.0 Å². The maximum absolute atomic E-state index is 13.5. The van der Waals surface area contributed by atoms with E-state index in [1.807, 2.05) is 40.1 Å². The van der Waals surface area contributed by atoms with Gasteiger partial charge in [0.2, 0.25) is 5.91 Å². The molecular formula is C34H36FN5O2. The van der Waals surface area contributed by atoms with Crippen LogP contribution in [0.4, 0.5) is 4.39 Å². The maximum Gasteiger partial charge on any atom is 0.254 e. The van der Waals surface area contributed by atoms with Gasteiger partial charge in [0, 0.05) is 62.9 Å². The van der Waals surface area contributed by atoms with Crippen molar-refractivity contribution in [2.45, 2.75) is 25.8 Å². The van der Waals surface area contributed by atoms with Crippen molar-refractivity contribution in [2.75, 3.05) is 46.3 Å². The minimum Gasteiger partial charge on any atom is -0.342 e. The van der Waals surface area contributed by atoms with Gasteiger partial charge in [0.15, 0.2) is 0 Å². The van der Waals surface area contributed by atoms with Crippen LogP contribution in [0.1, 0.15) is 29.6 Å². The molecule has 3 fully saturated rings. The molecule has 3 aliphatic rings. The monoisotopic (exact) mass is 565 g/mol. The zero-order chi connectivity index (χ0) is 28.8. The van der Waals surface area contributed by atoms with Gasteiger partial charge >= 0.3 is 0 Å². The summed E-state index contributed by atoms with van der Waals surface area (Å²) in [5, 5.41) is 0. The summed E-state index contributed by atoms with van der Waals surface area (Å²) in [4.78, 5) is 37.5. The number of imidazole rings is 1. The molecule has 3 aromatic carbocycles. The molecule has 4 aromatic rings. The van der Waals surface area contributed by atoms with E-state index >= 15 is 0 Å². The summed E-state index contributed by atoms with van der Waals surface area (Å²) >= 11 is 0. The molecule has 0 spiro atoms. The molecule has 0 bridgehead atoms. The number of hydrogen-bond acceptors (Lipinski definition) is 4. The summed E-state index contributed by atoms with van der Waals surface area (Å²) in [5.74, 6) is 1.52. The number of carbonyl (C=O) groups excluding carboxylic acids is 2. The van der Waals surface area contributed by atoms with E-state index in [0.29, 0.717) is 17.4 Å². The number of benzene rings is 3. The van der Waals surface area contributed by atoms with Crippen LogP contribution in [0, 0.1) is 17.7 Å². The lowest BCUT2D eigenvalue weighted by atomic mass is 10.0. The fourth-order valence-corrected chi connectivity index (χ4v) is 6.34. The van der Waals surface area contributed by atoms with Crippen molar-refractivity contribution in [3.63, 3.8) is 0 Å². The fraction of sp³-hybridized carbons (Fsp3) is 0.382. The van der Waals surface area contributed by atoms with E-state index in [1.165, 1.54) is 12.1 Å². The fourth-order valence-electron chi connectivity index (χ4n) is 6.34. The Morgan fingerprint density at radius 1 is 0.810 bits per heavy atom. The Bertz CT molecular complexity index is 1620. The van der Waals surface area contributed by atoms with Gasteiger partial charge in [-0.1, -0.05) is 36.4 Å². The first-order valence-electron chi connectivity index (χ1n) is 15.1. The van der Waals surface area contributed by atoms with Crippen LogP contribution in [0.15, 0.2) is 66.7 Å². The number of hydrogen-bond donors (Lipinski definition) is 0. The van der Waals surface area contributed by atoms with Crippen molar-refractivity contribution < 1.29 is 14.0 Å². The van der Waals surface area contributed by atoms with E-state index in [1.54, 1.807) is 12.1 Å². The molecule has 0 unspecified atom stereocenters. The first-order chi connectivity index (χ1) is 20.4. The van der Waals surface area contributed by atoms with Crippen LogP contribution < -0.4 is 0 Å². The first-order valence-corrected chi connectivity index (χ1v) is 15.1. The highest BCUT2D eigenvalue weighted by atomic mass is 19.1. The summed E-state index contributed by atoms with van der Waals surface area (Å²) in [6.45, 7) is 5.51. The molecule has 2 saturated heterocycles. The van der Waals surface area contributed by atoms with Crippen molar-refractivity contribution >= 4 is 22.8 Å². The van der Waals surface area contributed by atoms with Gasteiger partial charge in [0.05, 0.1) is 11.0 Å². The maximum atomic E-state index is 13.5. The predicted molar refractivity (Wildman–Crippen MR) is 161 cm³/mol. The Morgan fingerprint density at radius 2 is 1.48 bits per heavy atom. The minimum absolute atomic E-state index is 0.0602. The topological polar surface area (TPSA) is 61.7 Å². The van der Waals surface area contributed by atoms with E-state index in [2.05, 4.69) is 28.6 Å². The summed E-state index contributed by atoms with van der Waals surface area (Å²) in [6.07, 6.45) is 3.00. The van der Waals surface area contributed by atoms with E-state index in [0.717, 1.165) is 98.6 Å². The molecule has 42 heavy (non-hydrogen) atoms. The molecule has 7 rings (SSSR count). The number of nitrogens with zero attached hydrogens (tertiary/aromatic N) is 5. The average molecular weight is 566 g/mol. The van der Waals surface area contributed by atoms with Crippen molar-refractivity contribution in [2.24, 2.45) is 11.8 Å². The smallest absolute Gasteiger partial charge is 0.254 e. The van der Waals surface area contributed by atoms with E-state index < -0.39 is 0 Å². The van der Waals surface area contributed by atoms with Gasteiger partial charge in [-0.05, 0) is 73.7 Å². The zero-order valence-electron chi connectivity index (χ0n) is 24.0. The molecule has 3 heterocycles. The normalized spacial score (nSPS) is 19.5. The SMILES string of the molecule is CN1CCN(C(=O)c2ccc3nc(-c4ccc(-c5ccc(F)cc5)cc4)n(C[C@@H]4CCN(C(=O)C5CC5)C4)c3c2)CC1. The van der Waals surface area contributed by atoms with Gasteiger partial charge in [0.1, 0.15) is 11.6 Å². The third-order valence-corrected chi connectivity index (χ3v) is 9.07. The van der Waals surface area contributed by atoms with Gasteiger partial charge in [-0.15, -0.1) is 0 Å². The molecule has 7 nitrogen and oxygen atoms in total. The molecule has 2 amide bonds. The number of likely N-dealkylation sites (tertiary alicyclic amines) is 1. The zero-order valence-corrected chi connectivity index (χ0v) is 24.0. The number of piperazine rings is 1. The second kappa shape index (κ2) is 11.0. The third-order valence-electron chi connectivity index (χ3n) is 9.07. The molecule has 0 radical (unpaired) electrons. The van der Waals surface area contributed by atoms with E-state index in [4.69, 9.17) is 4.98 Å². The van der Waals surface area contributed by atoms with E-state index in [-0.39, 0.29) is 17.6 Å². The molecule has 2 aliphatic heterocycles. The molecular weight excluding hydrogens is 529 g/mol. The lowest BCUT2D eigenvalue weighted by Gasteiger charge is -2.32. The lowest BCUT2D eigenvalue weighted by Crippen LogP contribution is -2.47. The molecule has 8 heteroatoms. The molecule has 1 saturated carbocycles. The first kappa shape index (κ1) is 26.8. The van der Waals surface area contributed by atoms with Crippen molar-refractivity contribution in [3.8, 4) is 22.5 Å². The van der Waals surface area contributed by atoms with Gasteiger partial charge in [-0.25, -0.2) is 9.37 Å². The van der Waals surface area contributed by atoms with Gasteiger partial charge in [0.25, 0.3) is 5.91 Å². The quantitative estimate of drug-likeness (QED) is 0.324. The van der Waals surface area contributed by atoms with Crippen molar-refractivity contribution in [3.05, 3.63) is 78.1 Å². The molecule has 216 valence electrons. The Kier molecular flexibility index (Phi) is 7.02. The van der Waals surface area contributed by atoms with Crippen LogP contribution in [0.3, 0.4) is 0 Å². The Balaban J connectivity index is 1.22. The highest BCUT2D eigenvalue weighted by Crippen LogP contribution is 2.34. The highest BCUT2D eigenvalue weighted by molar-refractivity contribution is 5.98. The minimum atomic E-state index is -0.251. The summed E-state index contributed by atoms with van der Waals surface area (Å²) in [6, 6.07) is 20.6. The van der Waals surface area contributed by atoms with Crippen LogP contribution in [0.25, 0.3) is 33.5 Å². The number of rotatable bonds is 6. The third kappa shape index (κ3) is 5.31. The number of fused-ring (bicyclic) bond motifs is 1. The Labute approximate surface area is 245 Å². The van der Waals surface area contributed by atoms with Crippen LogP contribution in [0.2, 0.25) is 0 Å². The predicted octanol–water partition coefficient (Wildman–Crippen LogP) is 5.16. The highest BCUT2D eigenvalue weighted by Gasteiger charge is 2.37. The van der Waals surface area contributed by atoms with Gasteiger partial charge < -0.3 is 19.3 Å². The Morgan fingerprint density at radius 3 is 2.17 bits per heavy atom. The molecule has 1 aliphatic carbocycles. The second-order valence-corrected chi connectivity index (χ2v) is 12.1. The second-order valence-electron chi connectivity index (χ2n) is 12.1. The summed E-state index contributed by atoms with van der Waals surface area (Å²) < 4.78 is 15.7. The lowest BCUT2D eigenvalue weighted by molar-refractivity contribution is -0.131. The van der Waals surface area contributed by atoms with Crippen molar-refractivity contribution in [1.82, 2.24) is 24.3 Å². The van der Waals surface area contributed by atoms with Crippen LogP contribution in [0.5, 0.6) is 0 Å². The largest absolute Gasteiger partial charge is 0.342 e. The van der Waals surface area contributed by atoms with Gasteiger partial charge in [-0.2, -0.15) is 0 Å². The van der Waals surface area contributed by atoms with Crippen LogP contribution in [-0.4, -0.2) is 82.4 Å².